The first kappa shape index (κ1) is 21.2. The van der Waals surface area contributed by atoms with Crippen LogP contribution in [0.2, 0.25) is 0 Å². The molecule has 0 unspecified atom stereocenters. The Hall–Kier alpha value is 0.240. The second-order valence-electron chi connectivity index (χ2n) is 4.68. The van der Waals surface area contributed by atoms with Crippen LogP contribution in [-0.2, 0) is 0 Å². The summed E-state index contributed by atoms with van der Waals surface area (Å²) in [5.41, 5.74) is 0.756. The number of rotatable bonds is 3. The van der Waals surface area contributed by atoms with Crippen LogP contribution in [0, 0.1) is 3.57 Å². The molecule has 1 fully saturated rings. The molecule has 1 saturated heterocycles. The lowest BCUT2D eigenvalue weighted by Gasteiger charge is -2.35. The van der Waals surface area contributed by atoms with E-state index in [2.05, 4.69) is 27.9 Å². The zero-order valence-electron chi connectivity index (χ0n) is 11.2. The monoisotopic (exact) mass is 456 g/mol. The molecule has 1 heterocycles. The Morgan fingerprint density at radius 3 is 2.33 bits per heavy atom. The number of hydrogen-bond acceptors (Lipinski definition) is 2. The van der Waals surface area contributed by atoms with Gasteiger partial charge in [0.25, 0.3) is 0 Å². The largest absolute Gasteiger partial charge is 0.390 e. The number of halogens is 6. The smallest absolute Gasteiger partial charge is 0.314 e. The molecule has 2 rings (SSSR count). The Morgan fingerprint density at radius 1 is 1.19 bits per heavy atom. The molecule has 1 aliphatic rings. The summed E-state index contributed by atoms with van der Waals surface area (Å²) in [4.78, 5) is 1.93. The van der Waals surface area contributed by atoms with E-state index in [4.69, 9.17) is 0 Å². The van der Waals surface area contributed by atoms with Gasteiger partial charge in [0.2, 0.25) is 0 Å². The zero-order chi connectivity index (χ0) is 13.9. The Morgan fingerprint density at radius 2 is 1.81 bits per heavy atom. The SMILES string of the molecule is Cl.Cl.FC(F)(F)C[C@@H](c1cccc(I)c1)N1CCNCC1. The lowest BCUT2D eigenvalue weighted by Crippen LogP contribution is -2.46. The van der Waals surface area contributed by atoms with Gasteiger partial charge in [-0.3, -0.25) is 4.90 Å². The quantitative estimate of drug-likeness (QED) is 0.690. The lowest BCUT2D eigenvalue weighted by atomic mass is 10.0. The third-order valence-electron chi connectivity index (χ3n) is 3.25. The highest BCUT2D eigenvalue weighted by Gasteiger charge is 2.35. The molecule has 21 heavy (non-hydrogen) atoms. The first-order valence-electron chi connectivity index (χ1n) is 6.23. The maximum Gasteiger partial charge on any atom is 0.390 e. The van der Waals surface area contributed by atoms with Crippen molar-refractivity contribution >= 4 is 47.4 Å². The van der Waals surface area contributed by atoms with Gasteiger partial charge in [-0.2, -0.15) is 13.2 Å². The van der Waals surface area contributed by atoms with Gasteiger partial charge in [0.1, 0.15) is 0 Å². The average Bonchev–Trinajstić information content (AvgIpc) is 2.36. The predicted octanol–water partition coefficient (Wildman–Crippen LogP) is 4.03. The van der Waals surface area contributed by atoms with E-state index in [0.717, 1.165) is 22.2 Å². The summed E-state index contributed by atoms with van der Waals surface area (Å²) in [5, 5.41) is 3.17. The molecule has 0 aromatic heterocycles. The van der Waals surface area contributed by atoms with Crippen molar-refractivity contribution < 1.29 is 13.2 Å². The summed E-state index contributed by atoms with van der Waals surface area (Å²) in [6.45, 7) is 2.81. The van der Waals surface area contributed by atoms with Crippen LogP contribution in [0.3, 0.4) is 0 Å². The summed E-state index contributed by atoms with van der Waals surface area (Å²) in [7, 11) is 0. The molecule has 2 nitrogen and oxygen atoms in total. The number of piperazine rings is 1. The van der Waals surface area contributed by atoms with Crippen LogP contribution in [0.1, 0.15) is 18.0 Å². The van der Waals surface area contributed by atoms with Crippen molar-refractivity contribution in [1.82, 2.24) is 10.2 Å². The van der Waals surface area contributed by atoms with Crippen molar-refractivity contribution in [3.8, 4) is 0 Å². The van der Waals surface area contributed by atoms with Crippen LogP contribution in [-0.4, -0.2) is 37.3 Å². The normalized spacial score (nSPS) is 17.5. The highest BCUT2D eigenvalue weighted by molar-refractivity contribution is 14.1. The predicted molar refractivity (Wildman–Crippen MR) is 91.5 cm³/mol. The fraction of sp³-hybridized carbons (Fsp3) is 0.538. The second-order valence-corrected chi connectivity index (χ2v) is 5.92. The summed E-state index contributed by atoms with van der Waals surface area (Å²) in [6, 6.07) is 6.78. The van der Waals surface area contributed by atoms with E-state index in [1.165, 1.54) is 0 Å². The van der Waals surface area contributed by atoms with Crippen LogP contribution in [0.4, 0.5) is 13.2 Å². The number of nitrogens with zero attached hydrogens (tertiary/aromatic N) is 1. The number of benzene rings is 1. The number of hydrogen-bond donors (Lipinski definition) is 1. The Kier molecular flexibility index (Phi) is 9.50. The van der Waals surface area contributed by atoms with Gasteiger partial charge in [0.05, 0.1) is 6.42 Å². The molecule has 0 saturated carbocycles. The lowest BCUT2D eigenvalue weighted by molar-refractivity contribution is -0.148. The number of nitrogens with one attached hydrogen (secondary N) is 1. The molecule has 0 spiro atoms. The maximum absolute atomic E-state index is 12.8. The van der Waals surface area contributed by atoms with E-state index in [-0.39, 0.29) is 24.8 Å². The molecule has 0 bridgehead atoms. The molecule has 1 aliphatic heterocycles. The number of alkyl halides is 3. The van der Waals surface area contributed by atoms with E-state index in [9.17, 15) is 13.2 Å². The fourth-order valence-corrected chi connectivity index (χ4v) is 2.95. The molecule has 122 valence electrons. The second kappa shape index (κ2) is 9.39. The van der Waals surface area contributed by atoms with Gasteiger partial charge < -0.3 is 5.32 Å². The van der Waals surface area contributed by atoms with E-state index < -0.39 is 18.6 Å². The molecule has 8 heteroatoms. The van der Waals surface area contributed by atoms with Crippen LogP contribution in [0.25, 0.3) is 0 Å². The van der Waals surface area contributed by atoms with Crippen LogP contribution in [0.5, 0.6) is 0 Å². The highest BCUT2D eigenvalue weighted by Crippen LogP contribution is 2.34. The van der Waals surface area contributed by atoms with E-state index >= 15 is 0 Å². The first-order chi connectivity index (χ1) is 8.96. The molecule has 1 aromatic carbocycles. The van der Waals surface area contributed by atoms with Crippen molar-refractivity contribution in [3.05, 3.63) is 33.4 Å². The van der Waals surface area contributed by atoms with Crippen molar-refractivity contribution in [1.29, 1.82) is 0 Å². The molecule has 0 aliphatic carbocycles. The Balaban J connectivity index is 0.00000200. The summed E-state index contributed by atoms with van der Waals surface area (Å²) in [6.07, 6.45) is -4.93. The minimum Gasteiger partial charge on any atom is -0.314 e. The van der Waals surface area contributed by atoms with E-state index in [0.29, 0.717) is 13.1 Å². The Bertz CT molecular complexity index is 426. The van der Waals surface area contributed by atoms with Crippen molar-refractivity contribution in [2.24, 2.45) is 0 Å². The third kappa shape index (κ3) is 6.90. The van der Waals surface area contributed by atoms with Gasteiger partial charge in [0, 0.05) is 35.8 Å². The minimum atomic E-state index is -4.14. The standard InChI is InChI=1S/C13H16F3IN2.2ClH/c14-13(15,16)9-12(19-6-4-18-5-7-19)10-2-1-3-11(17)8-10;;/h1-3,8,12,18H,4-7,9H2;2*1H/t12-;;/m0../s1. The average molecular weight is 457 g/mol. The molecular formula is C13H18Cl2F3IN2. The molecule has 1 atom stereocenters. The van der Waals surface area contributed by atoms with Gasteiger partial charge in [0.15, 0.2) is 0 Å². The van der Waals surface area contributed by atoms with Gasteiger partial charge in [-0.15, -0.1) is 24.8 Å². The molecule has 1 aromatic rings. The van der Waals surface area contributed by atoms with Crippen molar-refractivity contribution in [2.45, 2.75) is 18.6 Å². The molecule has 0 amide bonds. The van der Waals surface area contributed by atoms with Gasteiger partial charge in [-0.25, -0.2) is 0 Å². The third-order valence-corrected chi connectivity index (χ3v) is 3.92. The summed E-state index contributed by atoms with van der Waals surface area (Å²) >= 11 is 2.13. The van der Waals surface area contributed by atoms with E-state index in [1.54, 1.807) is 6.07 Å². The van der Waals surface area contributed by atoms with Crippen LogP contribution >= 0.6 is 47.4 Å². The topological polar surface area (TPSA) is 15.3 Å². The minimum absolute atomic E-state index is 0. The Labute approximate surface area is 148 Å². The first-order valence-corrected chi connectivity index (χ1v) is 7.30. The van der Waals surface area contributed by atoms with Crippen molar-refractivity contribution in [3.63, 3.8) is 0 Å². The van der Waals surface area contributed by atoms with Gasteiger partial charge in [-0.1, -0.05) is 12.1 Å². The molecule has 1 N–H and O–H groups in total. The summed E-state index contributed by atoms with van der Waals surface area (Å²) < 4.78 is 39.4. The van der Waals surface area contributed by atoms with E-state index in [1.807, 2.05) is 23.1 Å². The highest BCUT2D eigenvalue weighted by atomic mass is 127. The zero-order valence-corrected chi connectivity index (χ0v) is 15.0. The maximum atomic E-state index is 12.8. The van der Waals surface area contributed by atoms with Crippen molar-refractivity contribution in [2.75, 3.05) is 26.2 Å². The molecular weight excluding hydrogens is 439 g/mol. The van der Waals surface area contributed by atoms with Crippen LogP contribution in [0.15, 0.2) is 24.3 Å². The van der Waals surface area contributed by atoms with Gasteiger partial charge >= 0.3 is 6.18 Å². The van der Waals surface area contributed by atoms with Gasteiger partial charge in [-0.05, 0) is 40.3 Å². The van der Waals surface area contributed by atoms with Crippen LogP contribution < -0.4 is 5.32 Å². The fourth-order valence-electron chi connectivity index (χ4n) is 2.38. The molecule has 0 radical (unpaired) electrons. The summed E-state index contributed by atoms with van der Waals surface area (Å²) in [5.74, 6) is 0.